The summed E-state index contributed by atoms with van der Waals surface area (Å²) < 4.78 is 5.61. The minimum Gasteiger partial charge on any atom is -0.481 e. The van der Waals surface area contributed by atoms with Crippen LogP contribution in [-0.4, -0.2) is 22.6 Å². The fourth-order valence-electron chi connectivity index (χ4n) is 2.87. The Morgan fingerprint density at radius 2 is 1.40 bits per heavy atom. The van der Waals surface area contributed by atoms with Crippen molar-refractivity contribution in [2.24, 2.45) is 0 Å². The normalized spacial score (nSPS) is 13.7. The number of esters is 1. The van der Waals surface area contributed by atoms with Crippen LogP contribution >= 0.6 is 0 Å². The van der Waals surface area contributed by atoms with Gasteiger partial charge in [0.05, 0.1) is 12.3 Å². The predicted octanol–water partition coefficient (Wildman–Crippen LogP) is 4.37. The van der Waals surface area contributed by atoms with Crippen molar-refractivity contribution in [2.45, 2.75) is 44.6 Å². The third kappa shape index (κ3) is 5.45. The minimum atomic E-state index is -0.946. The summed E-state index contributed by atoms with van der Waals surface area (Å²) in [7, 11) is 0. The van der Waals surface area contributed by atoms with Gasteiger partial charge < -0.3 is 9.84 Å². The van der Waals surface area contributed by atoms with Gasteiger partial charge in [-0.2, -0.15) is 0 Å². The van der Waals surface area contributed by atoms with Crippen LogP contribution in [0.1, 0.15) is 50.2 Å². The van der Waals surface area contributed by atoms with Crippen LogP contribution in [0, 0.1) is 0 Å². The number of carbonyl (C=O) groups excluding carboxylic acids is 1. The predicted molar refractivity (Wildman–Crippen MR) is 96.5 cm³/mol. The maximum atomic E-state index is 12.9. The Morgan fingerprint density at radius 3 is 1.84 bits per heavy atom. The molecule has 4 heteroatoms. The molecular weight excluding hydrogens is 316 g/mol. The van der Waals surface area contributed by atoms with Crippen LogP contribution in [0.25, 0.3) is 0 Å². The molecule has 2 atom stereocenters. The fraction of sp³-hybridized carbons (Fsp3) is 0.333. The molecular formula is C21H24O4. The number of carbonyl (C=O) groups is 2. The van der Waals surface area contributed by atoms with Crippen LogP contribution in [0.3, 0.4) is 0 Å². The monoisotopic (exact) mass is 340 g/mol. The molecule has 0 saturated carbocycles. The minimum absolute atomic E-state index is 0.150. The van der Waals surface area contributed by atoms with E-state index in [9.17, 15) is 14.7 Å². The second kappa shape index (κ2) is 7.97. The molecule has 0 heterocycles. The molecule has 132 valence electrons. The molecule has 4 nitrogen and oxygen atoms in total. The van der Waals surface area contributed by atoms with Gasteiger partial charge in [-0.05, 0) is 31.9 Å². The molecule has 25 heavy (non-hydrogen) atoms. The first-order chi connectivity index (χ1) is 11.8. The molecule has 2 rings (SSSR count). The lowest BCUT2D eigenvalue weighted by Crippen LogP contribution is -2.31. The maximum absolute atomic E-state index is 12.9. The average Bonchev–Trinajstić information content (AvgIpc) is 2.54. The number of benzene rings is 2. The van der Waals surface area contributed by atoms with Crippen LogP contribution in [0.15, 0.2) is 60.7 Å². The van der Waals surface area contributed by atoms with Crippen molar-refractivity contribution >= 4 is 11.9 Å². The summed E-state index contributed by atoms with van der Waals surface area (Å²) in [5.41, 5.74) is 0.922. The van der Waals surface area contributed by atoms with E-state index in [1.54, 1.807) is 0 Å². The Kier molecular flexibility index (Phi) is 5.97. The standard InChI is InChI=1S/C21H24O4/c1-21(2,3)25-20(24)19(16-12-8-5-9-13-16)17(14-18(22)23)15-10-6-4-7-11-15/h4-13,17,19H,14H2,1-3H3,(H,22,23). The third-order valence-electron chi connectivity index (χ3n) is 3.84. The summed E-state index contributed by atoms with van der Waals surface area (Å²) in [6.07, 6.45) is -0.150. The van der Waals surface area contributed by atoms with E-state index in [1.165, 1.54) is 0 Å². The van der Waals surface area contributed by atoms with Gasteiger partial charge in [0, 0.05) is 5.92 Å². The Bertz CT molecular complexity index is 702. The zero-order valence-corrected chi connectivity index (χ0v) is 14.8. The topological polar surface area (TPSA) is 63.6 Å². The summed E-state index contributed by atoms with van der Waals surface area (Å²) in [5.74, 6) is -2.54. The number of carboxylic acids is 1. The van der Waals surface area contributed by atoms with E-state index < -0.39 is 29.4 Å². The van der Waals surface area contributed by atoms with Crippen LogP contribution in [0.4, 0.5) is 0 Å². The van der Waals surface area contributed by atoms with Gasteiger partial charge in [0.2, 0.25) is 0 Å². The van der Waals surface area contributed by atoms with Crippen molar-refractivity contribution in [3.8, 4) is 0 Å². The van der Waals surface area contributed by atoms with Gasteiger partial charge in [0.1, 0.15) is 5.60 Å². The molecule has 0 aliphatic heterocycles. The Labute approximate surface area is 148 Å². The smallest absolute Gasteiger partial charge is 0.314 e. The van der Waals surface area contributed by atoms with Crippen molar-refractivity contribution in [3.63, 3.8) is 0 Å². The molecule has 0 amide bonds. The number of carboxylic acid groups (broad SMARTS) is 1. The van der Waals surface area contributed by atoms with Crippen molar-refractivity contribution in [3.05, 3.63) is 71.8 Å². The summed E-state index contributed by atoms with van der Waals surface area (Å²) in [6.45, 7) is 5.42. The highest BCUT2D eigenvalue weighted by Gasteiger charge is 2.35. The summed E-state index contributed by atoms with van der Waals surface area (Å²) >= 11 is 0. The highest BCUT2D eigenvalue weighted by molar-refractivity contribution is 5.81. The highest BCUT2D eigenvalue weighted by Crippen LogP contribution is 2.37. The first-order valence-electron chi connectivity index (χ1n) is 8.32. The largest absolute Gasteiger partial charge is 0.481 e. The summed E-state index contributed by atoms with van der Waals surface area (Å²) in [5, 5.41) is 9.40. The lowest BCUT2D eigenvalue weighted by atomic mass is 9.79. The highest BCUT2D eigenvalue weighted by atomic mass is 16.6. The fourth-order valence-corrected chi connectivity index (χ4v) is 2.87. The third-order valence-corrected chi connectivity index (χ3v) is 3.84. The number of hydrogen-bond acceptors (Lipinski definition) is 3. The van der Waals surface area contributed by atoms with Crippen LogP contribution in [-0.2, 0) is 14.3 Å². The van der Waals surface area contributed by atoms with E-state index >= 15 is 0 Å². The van der Waals surface area contributed by atoms with Gasteiger partial charge in [-0.1, -0.05) is 60.7 Å². The van der Waals surface area contributed by atoms with Crippen LogP contribution in [0.2, 0.25) is 0 Å². The van der Waals surface area contributed by atoms with Crippen molar-refractivity contribution in [2.75, 3.05) is 0 Å². The average molecular weight is 340 g/mol. The van der Waals surface area contributed by atoms with Crippen molar-refractivity contribution in [1.82, 2.24) is 0 Å². The lowest BCUT2D eigenvalue weighted by molar-refractivity contribution is -0.157. The van der Waals surface area contributed by atoms with E-state index in [2.05, 4.69) is 0 Å². The molecule has 0 aliphatic rings. The van der Waals surface area contributed by atoms with Gasteiger partial charge in [-0.15, -0.1) is 0 Å². The van der Waals surface area contributed by atoms with Crippen LogP contribution < -0.4 is 0 Å². The Morgan fingerprint density at radius 1 is 0.920 bits per heavy atom. The van der Waals surface area contributed by atoms with Gasteiger partial charge in [0.15, 0.2) is 0 Å². The molecule has 2 aromatic carbocycles. The molecule has 2 unspecified atom stereocenters. The second-order valence-corrected chi connectivity index (χ2v) is 7.04. The summed E-state index contributed by atoms with van der Waals surface area (Å²) in [6, 6.07) is 18.5. The van der Waals surface area contributed by atoms with Gasteiger partial charge in [0.25, 0.3) is 0 Å². The summed E-state index contributed by atoms with van der Waals surface area (Å²) in [4.78, 5) is 24.4. The number of aliphatic carboxylic acids is 1. The first-order valence-corrected chi connectivity index (χ1v) is 8.32. The molecule has 0 aliphatic carbocycles. The molecule has 1 N–H and O–H groups in total. The van der Waals surface area contributed by atoms with E-state index in [1.807, 2.05) is 81.4 Å². The lowest BCUT2D eigenvalue weighted by Gasteiger charge is -2.29. The molecule has 0 fully saturated rings. The number of rotatable bonds is 6. The zero-order valence-electron chi connectivity index (χ0n) is 14.8. The van der Waals surface area contributed by atoms with Gasteiger partial charge in [-0.25, -0.2) is 0 Å². The molecule has 0 radical (unpaired) electrons. The molecule has 2 aromatic rings. The second-order valence-electron chi connectivity index (χ2n) is 7.04. The van der Waals surface area contributed by atoms with Crippen LogP contribution in [0.5, 0.6) is 0 Å². The molecule has 0 aromatic heterocycles. The first kappa shape index (κ1) is 18.7. The number of hydrogen-bond donors (Lipinski definition) is 1. The van der Waals surface area contributed by atoms with E-state index in [4.69, 9.17) is 4.74 Å². The molecule has 0 spiro atoms. The Balaban J connectivity index is 2.50. The molecule has 0 saturated heterocycles. The van der Waals surface area contributed by atoms with E-state index in [0.29, 0.717) is 0 Å². The number of ether oxygens (including phenoxy) is 1. The maximum Gasteiger partial charge on any atom is 0.314 e. The SMILES string of the molecule is CC(C)(C)OC(=O)C(c1ccccc1)C(CC(=O)O)c1ccccc1. The molecule has 0 bridgehead atoms. The van der Waals surface area contributed by atoms with E-state index in [0.717, 1.165) is 11.1 Å². The van der Waals surface area contributed by atoms with Gasteiger partial charge in [-0.3, -0.25) is 9.59 Å². The van der Waals surface area contributed by atoms with E-state index in [-0.39, 0.29) is 6.42 Å². The van der Waals surface area contributed by atoms with Crippen molar-refractivity contribution < 1.29 is 19.4 Å². The van der Waals surface area contributed by atoms with Gasteiger partial charge >= 0.3 is 11.9 Å². The van der Waals surface area contributed by atoms with Crippen molar-refractivity contribution in [1.29, 1.82) is 0 Å². The zero-order chi connectivity index (χ0) is 18.4. The Hall–Kier alpha value is -2.62. The quantitative estimate of drug-likeness (QED) is 0.793.